The summed E-state index contributed by atoms with van der Waals surface area (Å²) >= 11 is 0. The molecule has 0 amide bonds. The maximum atomic E-state index is 9.44. The lowest BCUT2D eigenvalue weighted by atomic mass is 10.1. The zero-order valence-corrected chi connectivity index (χ0v) is 35.0. The van der Waals surface area contributed by atoms with Crippen LogP contribution in [0.4, 0.5) is 0 Å². The lowest BCUT2D eigenvalue weighted by molar-refractivity contribution is -0.115. The number of nitrogens with zero attached hydrogens (tertiary/aromatic N) is 4. The summed E-state index contributed by atoms with van der Waals surface area (Å²) in [6, 6.07) is 2.66. The number of hydrogen-bond donors (Lipinski definition) is 5. The van der Waals surface area contributed by atoms with Crippen LogP contribution in [0.5, 0.6) is 0 Å². The molecule has 4 aliphatic rings. The highest BCUT2D eigenvalue weighted by molar-refractivity contribution is 5.72. The Hall–Kier alpha value is -0.690. The Morgan fingerprint density at radius 2 is 0.792 bits per heavy atom. The fourth-order valence-corrected chi connectivity index (χ4v) is 5.41. The highest BCUT2D eigenvalue weighted by atomic mass is 16.2. The zero-order valence-electron chi connectivity index (χ0n) is 35.0. The van der Waals surface area contributed by atoms with Crippen LogP contribution in [0.1, 0.15) is 113 Å². The van der Waals surface area contributed by atoms with Crippen LogP contribution in [0, 0.1) is 0 Å². The third kappa shape index (κ3) is 43.3. The van der Waals surface area contributed by atoms with Gasteiger partial charge in [0.1, 0.15) is 5.78 Å². The van der Waals surface area contributed by atoms with Crippen LogP contribution in [0.15, 0.2) is 0 Å². The number of carbonyl (C=O) groups is 1. The molecule has 10 heteroatoms. The van der Waals surface area contributed by atoms with E-state index in [0.717, 1.165) is 24.7 Å². The van der Waals surface area contributed by atoms with E-state index >= 15 is 0 Å². The van der Waals surface area contributed by atoms with Gasteiger partial charge in [-0.15, -0.1) is 0 Å². The highest BCUT2D eigenvalue weighted by Gasteiger charge is 2.15. The van der Waals surface area contributed by atoms with Crippen LogP contribution in [0.25, 0.3) is 0 Å². The first-order valence-electron chi connectivity index (χ1n) is 19.3. The van der Waals surface area contributed by atoms with E-state index in [1.54, 1.807) is 6.92 Å². The summed E-state index contributed by atoms with van der Waals surface area (Å²) in [7, 11) is 14.8. The standard InChI is InChI=1S/3C7H16N2.C6H14N2.C3H6O.2C3H8.C2H6O/c3*1-8-7-4-3-5-9(2)6-7;1-8-4-2-3-6(7)5-8;1-3(2)4;2*1-3-2;1-2-3/h3*7-8H,3-6H2,1-2H3;6H,2-5,7H2,1H3;1-2H3;2*3H2,1-2H3;3H,2H2,1H3. The second-order valence-corrected chi connectivity index (χ2v) is 14.0. The molecule has 0 aromatic rings. The predicted octanol–water partition coefficient (Wildman–Crippen LogP) is 4.37. The Labute approximate surface area is 301 Å². The van der Waals surface area contributed by atoms with Gasteiger partial charge in [0, 0.05) is 57.0 Å². The molecule has 294 valence electrons. The molecule has 0 aromatic heterocycles. The Kier molecular flexibility index (Phi) is 45.9. The zero-order chi connectivity index (χ0) is 37.8. The van der Waals surface area contributed by atoms with Gasteiger partial charge < -0.3 is 51.2 Å². The minimum absolute atomic E-state index is 0.167. The second-order valence-electron chi connectivity index (χ2n) is 14.0. The van der Waals surface area contributed by atoms with Crippen molar-refractivity contribution in [3.8, 4) is 0 Å². The van der Waals surface area contributed by atoms with Gasteiger partial charge in [-0.3, -0.25) is 0 Å². The minimum atomic E-state index is 0.167. The summed E-state index contributed by atoms with van der Waals surface area (Å²) in [5.41, 5.74) is 5.68. The summed E-state index contributed by atoms with van der Waals surface area (Å²) in [6.45, 7) is 23.3. The molecule has 0 radical (unpaired) electrons. The monoisotopic (exact) mass is 691 g/mol. The Balaban J connectivity index is -0.000000241. The van der Waals surface area contributed by atoms with Gasteiger partial charge in [0.25, 0.3) is 0 Å². The predicted molar refractivity (Wildman–Crippen MR) is 214 cm³/mol. The molecule has 0 saturated carbocycles. The molecule has 48 heavy (non-hydrogen) atoms. The molecule has 4 unspecified atom stereocenters. The molecule has 4 fully saturated rings. The van der Waals surface area contributed by atoms with Crippen molar-refractivity contribution in [1.29, 1.82) is 0 Å². The molecular weight excluding hydrogens is 600 g/mol. The van der Waals surface area contributed by atoms with Crippen molar-refractivity contribution in [3.63, 3.8) is 0 Å². The SMILES string of the molecule is CC(C)=O.CCC.CCC.CCO.CN1CCCC(N)C1.CNC1CCCN(C)C1.CNC1CCCN(C)C1.CNC1CCCN(C)C1. The molecule has 4 saturated heterocycles. The summed E-state index contributed by atoms with van der Waals surface area (Å²) in [4.78, 5) is 18.9. The van der Waals surface area contributed by atoms with Crippen molar-refractivity contribution < 1.29 is 9.90 Å². The first-order valence-corrected chi connectivity index (χ1v) is 19.3. The number of piperidine rings is 4. The van der Waals surface area contributed by atoms with Gasteiger partial charge in [0.05, 0.1) is 0 Å². The van der Waals surface area contributed by atoms with E-state index < -0.39 is 0 Å². The number of likely N-dealkylation sites (N-methyl/N-ethyl adjacent to an activating group) is 7. The van der Waals surface area contributed by atoms with Crippen molar-refractivity contribution in [2.45, 2.75) is 137 Å². The highest BCUT2D eigenvalue weighted by Crippen LogP contribution is 2.08. The number of likely N-dealkylation sites (tertiary alicyclic amines) is 4. The molecule has 0 aromatic carbocycles. The molecule has 4 aliphatic heterocycles. The van der Waals surface area contributed by atoms with Crippen LogP contribution >= 0.6 is 0 Å². The van der Waals surface area contributed by atoms with Crippen molar-refractivity contribution in [1.82, 2.24) is 35.6 Å². The molecule has 6 N–H and O–H groups in total. The molecule has 0 bridgehead atoms. The number of hydrogen-bond acceptors (Lipinski definition) is 10. The van der Waals surface area contributed by atoms with Crippen LogP contribution in [-0.4, -0.2) is 163 Å². The molecule has 4 atom stereocenters. The van der Waals surface area contributed by atoms with E-state index in [-0.39, 0.29) is 12.4 Å². The van der Waals surface area contributed by atoms with E-state index in [1.165, 1.54) is 124 Å². The fourth-order valence-electron chi connectivity index (χ4n) is 5.41. The number of Topliss-reactive ketones (excluding diaryl/α,β-unsaturated/α-hetero) is 1. The smallest absolute Gasteiger partial charge is 0.126 e. The van der Waals surface area contributed by atoms with Gasteiger partial charge in [-0.2, -0.15) is 0 Å². The number of nitrogens with two attached hydrogens (primary N) is 1. The first kappa shape index (κ1) is 54.1. The van der Waals surface area contributed by atoms with Crippen molar-refractivity contribution in [2.75, 3.05) is 108 Å². The lowest BCUT2D eigenvalue weighted by Crippen LogP contribution is -2.42. The topological polar surface area (TPSA) is 112 Å². The summed E-state index contributed by atoms with van der Waals surface area (Å²) in [5.74, 6) is 0.167. The maximum absolute atomic E-state index is 9.44. The number of ketones is 1. The molecule has 0 aliphatic carbocycles. The van der Waals surface area contributed by atoms with Gasteiger partial charge in [-0.25, -0.2) is 0 Å². The summed E-state index contributed by atoms with van der Waals surface area (Å²) < 4.78 is 0. The number of carbonyl (C=O) groups excluding carboxylic acids is 1. The Morgan fingerprint density at radius 1 is 0.583 bits per heavy atom. The number of nitrogens with one attached hydrogen (secondary N) is 3. The van der Waals surface area contributed by atoms with Gasteiger partial charge in [-0.1, -0.05) is 40.5 Å². The summed E-state index contributed by atoms with van der Waals surface area (Å²) in [5, 5.41) is 17.4. The third-order valence-electron chi connectivity index (χ3n) is 7.76. The number of aliphatic hydroxyl groups is 1. The van der Waals surface area contributed by atoms with E-state index in [2.05, 4.69) is 91.4 Å². The van der Waals surface area contributed by atoms with Gasteiger partial charge in [0.2, 0.25) is 0 Å². The number of rotatable bonds is 3. The van der Waals surface area contributed by atoms with E-state index in [9.17, 15) is 4.79 Å². The molecule has 4 heterocycles. The van der Waals surface area contributed by atoms with Crippen LogP contribution in [0.3, 0.4) is 0 Å². The quantitative estimate of drug-likeness (QED) is 0.293. The van der Waals surface area contributed by atoms with E-state index in [1.807, 2.05) is 21.1 Å². The molecule has 0 spiro atoms. The maximum Gasteiger partial charge on any atom is 0.126 e. The van der Waals surface area contributed by atoms with Crippen molar-refractivity contribution in [2.24, 2.45) is 5.73 Å². The number of aliphatic hydroxyl groups excluding tert-OH is 1. The first-order chi connectivity index (χ1) is 22.7. The fraction of sp³-hybridized carbons (Fsp3) is 0.974. The van der Waals surface area contributed by atoms with Gasteiger partial charge >= 0.3 is 0 Å². The van der Waals surface area contributed by atoms with Crippen LogP contribution in [-0.2, 0) is 4.79 Å². The lowest BCUT2D eigenvalue weighted by Gasteiger charge is -2.29. The third-order valence-corrected chi connectivity index (χ3v) is 7.76. The molecule has 10 nitrogen and oxygen atoms in total. The average Bonchev–Trinajstić information content (AvgIpc) is 3.03. The normalized spacial score (nSPS) is 24.4. The van der Waals surface area contributed by atoms with E-state index in [4.69, 9.17) is 10.8 Å². The summed E-state index contributed by atoms with van der Waals surface area (Å²) in [6.07, 6.45) is 13.1. The van der Waals surface area contributed by atoms with Crippen LogP contribution < -0.4 is 21.7 Å². The van der Waals surface area contributed by atoms with Gasteiger partial charge in [0.15, 0.2) is 0 Å². The van der Waals surface area contributed by atoms with E-state index in [0.29, 0.717) is 6.04 Å². The Bertz CT molecular complexity index is 562. The molecular formula is C38H90N8O2. The van der Waals surface area contributed by atoms with Crippen LogP contribution in [0.2, 0.25) is 0 Å². The average molecular weight is 691 g/mol. The van der Waals surface area contributed by atoms with Crippen molar-refractivity contribution >= 4 is 5.78 Å². The molecule has 4 rings (SSSR count). The Morgan fingerprint density at radius 3 is 0.917 bits per heavy atom. The minimum Gasteiger partial charge on any atom is -0.397 e. The second kappa shape index (κ2) is 40.7. The van der Waals surface area contributed by atoms with Crippen molar-refractivity contribution in [3.05, 3.63) is 0 Å². The van der Waals surface area contributed by atoms with Gasteiger partial charge in [-0.05, 0) is 148 Å². The largest absolute Gasteiger partial charge is 0.397 e.